The Kier molecular flexibility index (Phi) is 5.19. The molecule has 1 aliphatic heterocycles. The van der Waals surface area contributed by atoms with Gasteiger partial charge in [-0.05, 0) is 25.0 Å². The van der Waals surface area contributed by atoms with Crippen LogP contribution in [0.3, 0.4) is 0 Å². The highest BCUT2D eigenvalue weighted by atomic mass is 32.2. The molecule has 1 aromatic rings. The molecule has 0 radical (unpaired) electrons. The molecule has 2 atom stereocenters. The number of fused-ring (bicyclic) bond motifs is 1. The molecule has 6 nitrogen and oxygen atoms in total. The minimum atomic E-state index is -0.418. The van der Waals surface area contributed by atoms with E-state index in [4.69, 9.17) is 5.26 Å². The van der Waals surface area contributed by atoms with E-state index in [1.54, 1.807) is 12.1 Å². The Labute approximate surface area is 149 Å². The Morgan fingerprint density at radius 3 is 2.48 bits per heavy atom. The first kappa shape index (κ1) is 17.2. The summed E-state index contributed by atoms with van der Waals surface area (Å²) >= 11 is 1.32. The van der Waals surface area contributed by atoms with Crippen molar-refractivity contribution in [3.8, 4) is 6.07 Å². The van der Waals surface area contributed by atoms with Crippen molar-refractivity contribution in [1.29, 1.82) is 5.26 Å². The molecule has 25 heavy (non-hydrogen) atoms. The van der Waals surface area contributed by atoms with Crippen molar-refractivity contribution in [3.05, 3.63) is 36.4 Å². The van der Waals surface area contributed by atoms with E-state index in [0.717, 1.165) is 9.80 Å². The van der Waals surface area contributed by atoms with E-state index in [9.17, 15) is 14.4 Å². The van der Waals surface area contributed by atoms with Gasteiger partial charge in [-0.3, -0.25) is 19.3 Å². The number of imide groups is 1. The number of benzene rings is 1. The lowest BCUT2D eigenvalue weighted by atomic mass is 9.85. The summed E-state index contributed by atoms with van der Waals surface area (Å²) in [6.45, 7) is -0.276. The third kappa shape index (κ3) is 3.59. The Bertz CT molecular complexity index is 758. The molecule has 3 rings (SSSR count). The van der Waals surface area contributed by atoms with Crippen LogP contribution in [-0.2, 0) is 14.4 Å². The van der Waals surface area contributed by atoms with Gasteiger partial charge in [0.15, 0.2) is 0 Å². The zero-order chi connectivity index (χ0) is 17.8. The summed E-state index contributed by atoms with van der Waals surface area (Å²) in [4.78, 5) is 39.0. The minimum Gasteiger partial charge on any atom is -0.324 e. The molecule has 0 unspecified atom stereocenters. The zero-order valence-electron chi connectivity index (χ0n) is 13.5. The number of carbonyl (C=O) groups excluding carboxylic acids is 3. The number of hydrogen-bond acceptors (Lipinski definition) is 5. The molecule has 0 spiro atoms. The predicted molar refractivity (Wildman–Crippen MR) is 93.5 cm³/mol. The normalized spacial score (nSPS) is 21.8. The molecule has 7 heteroatoms. The number of anilines is 1. The monoisotopic (exact) mass is 355 g/mol. The molecular formula is C18H17N3O3S. The maximum atomic E-state index is 12.4. The average molecular weight is 355 g/mol. The van der Waals surface area contributed by atoms with Crippen LogP contribution in [0.2, 0.25) is 0 Å². The number of thioether (sulfide) groups is 1. The highest BCUT2D eigenvalue weighted by Crippen LogP contribution is 2.35. The largest absolute Gasteiger partial charge is 0.324 e. The summed E-state index contributed by atoms with van der Waals surface area (Å²) in [5.41, 5.74) is 0.575. The molecule has 1 N–H and O–H groups in total. The molecule has 2 aliphatic rings. The number of allylic oxidation sites excluding steroid dienone is 2. The van der Waals surface area contributed by atoms with Gasteiger partial charge in [-0.25, -0.2) is 0 Å². The van der Waals surface area contributed by atoms with E-state index in [2.05, 4.69) is 5.32 Å². The maximum absolute atomic E-state index is 12.4. The van der Waals surface area contributed by atoms with Gasteiger partial charge in [0.2, 0.25) is 17.7 Å². The number of amides is 3. The number of hydrogen-bond donors (Lipinski definition) is 1. The predicted octanol–water partition coefficient (Wildman–Crippen LogP) is 2.19. The molecule has 0 saturated carbocycles. The van der Waals surface area contributed by atoms with E-state index in [1.165, 1.54) is 11.8 Å². The SMILES string of the molecule is N#CCSc1ccccc1NC(=O)CN1C(=O)[C@H]2CC=CC[C@@H]2C1=O. The number of rotatable bonds is 5. The summed E-state index contributed by atoms with van der Waals surface area (Å²) in [5, 5.41) is 11.4. The fourth-order valence-corrected chi connectivity index (χ4v) is 3.83. The molecule has 0 bridgehead atoms. The Morgan fingerprint density at radius 1 is 1.20 bits per heavy atom. The van der Waals surface area contributed by atoms with Crippen LogP contribution in [0.15, 0.2) is 41.3 Å². The smallest absolute Gasteiger partial charge is 0.244 e. The second-order valence-corrected chi connectivity index (χ2v) is 6.93. The molecule has 0 aromatic heterocycles. The van der Waals surface area contributed by atoms with Gasteiger partial charge in [-0.1, -0.05) is 24.3 Å². The van der Waals surface area contributed by atoms with E-state index in [1.807, 2.05) is 30.4 Å². The summed E-state index contributed by atoms with van der Waals surface area (Å²) in [6.07, 6.45) is 4.94. The lowest BCUT2D eigenvalue weighted by molar-refractivity contribution is -0.142. The maximum Gasteiger partial charge on any atom is 0.244 e. The lowest BCUT2D eigenvalue weighted by Gasteiger charge is -2.15. The summed E-state index contributed by atoms with van der Waals surface area (Å²) in [6, 6.07) is 9.18. The van der Waals surface area contributed by atoms with E-state index in [0.29, 0.717) is 18.5 Å². The fourth-order valence-electron chi connectivity index (χ4n) is 3.16. The minimum absolute atomic E-state index is 0.262. The van der Waals surface area contributed by atoms with Crippen LogP contribution in [0.5, 0.6) is 0 Å². The van der Waals surface area contributed by atoms with Crippen molar-refractivity contribution in [2.75, 3.05) is 17.6 Å². The summed E-state index contributed by atoms with van der Waals surface area (Å²) < 4.78 is 0. The van der Waals surface area contributed by atoms with Gasteiger partial charge in [0.25, 0.3) is 0 Å². The molecule has 1 heterocycles. The number of nitriles is 1. The second-order valence-electron chi connectivity index (χ2n) is 5.91. The number of carbonyl (C=O) groups is 3. The van der Waals surface area contributed by atoms with Crippen molar-refractivity contribution >= 4 is 35.2 Å². The van der Waals surface area contributed by atoms with Crippen molar-refractivity contribution < 1.29 is 14.4 Å². The van der Waals surface area contributed by atoms with Gasteiger partial charge in [0, 0.05) is 4.90 Å². The van der Waals surface area contributed by atoms with Crippen molar-refractivity contribution in [2.45, 2.75) is 17.7 Å². The van der Waals surface area contributed by atoms with Crippen LogP contribution in [0.25, 0.3) is 0 Å². The molecule has 128 valence electrons. The van der Waals surface area contributed by atoms with Gasteiger partial charge in [-0.15, -0.1) is 11.8 Å². The highest BCUT2D eigenvalue weighted by Gasteiger charge is 2.47. The average Bonchev–Trinajstić information content (AvgIpc) is 2.86. The standard InChI is InChI=1S/C18H17N3O3S/c19-9-10-25-15-8-4-3-7-14(15)20-16(22)11-21-17(23)12-5-1-2-6-13(12)18(21)24/h1-4,7-8,12-13H,5-6,10-11H2,(H,20,22)/t12-,13-/m0/s1. The van der Waals surface area contributed by atoms with Crippen LogP contribution < -0.4 is 5.32 Å². The Hall–Kier alpha value is -2.59. The van der Waals surface area contributed by atoms with Gasteiger partial charge >= 0.3 is 0 Å². The topological polar surface area (TPSA) is 90.3 Å². The first-order valence-corrected chi connectivity index (χ1v) is 8.99. The van der Waals surface area contributed by atoms with Crippen molar-refractivity contribution in [1.82, 2.24) is 4.90 Å². The van der Waals surface area contributed by atoms with Crippen molar-refractivity contribution in [3.63, 3.8) is 0 Å². The van der Waals surface area contributed by atoms with Crippen LogP contribution in [0.1, 0.15) is 12.8 Å². The molecule has 1 aromatic carbocycles. The molecule has 1 aliphatic carbocycles. The number of nitrogens with zero attached hydrogens (tertiary/aromatic N) is 2. The zero-order valence-corrected chi connectivity index (χ0v) is 14.3. The van der Waals surface area contributed by atoms with Crippen molar-refractivity contribution in [2.24, 2.45) is 11.8 Å². The third-order valence-electron chi connectivity index (χ3n) is 4.35. The van der Waals surface area contributed by atoms with Crippen LogP contribution in [0.4, 0.5) is 5.69 Å². The number of likely N-dealkylation sites (tertiary alicyclic amines) is 1. The number of nitrogens with one attached hydrogen (secondary N) is 1. The number of para-hydroxylation sites is 1. The van der Waals surface area contributed by atoms with Gasteiger partial charge in [-0.2, -0.15) is 5.26 Å². The lowest BCUT2D eigenvalue weighted by Crippen LogP contribution is -2.38. The Balaban J connectivity index is 1.67. The second kappa shape index (κ2) is 7.53. The summed E-state index contributed by atoms with van der Waals surface area (Å²) in [5.74, 6) is -1.33. The van der Waals surface area contributed by atoms with Gasteiger partial charge in [0.05, 0.1) is 29.3 Å². The highest BCUT2D eigenvalue weighted by molar-refractivity contribution is 7.99. The van der Waals surface area contributed by atoms with Gasteiger partial charge < -0.3 is 5.32 Å². The van der Waals surface area contributed by atoms with E-state index >= 15 is 0 Å². The molecule has 1 saturated heterocycles. The fraction of sp³-hybridized carbons (Fsp3) is 0.333. The first-order chi connectivity index (χ1) is 12.1. The Morgan fingerprint density at radius 2 is 1.84 bits per heavy atom. The van der Waals surface area contributed by atoms with Crippen LogP contribution >= 0.6 is 11.8 Å². The van der Waals surface area contributed by atoms with E-state index in [-0.39, 0.29) is 35.9 Å². The molecule has 1 fully saturated rings. The molecular weight excluding hydrogens is 338 g/mol. The quantitative estimate of drug-likeness (QED) is 0.497. The van der Waals surface area contributed by atoms with Crippen LogP contribution in [-0.4, -0.2) is 34.9 Å². The summed E-state index contributed by atoms with van der Waals surface area (Å²) in [7, 11) is 0. The first-order valence-electron chi connectivity index (χ1n) is 8.00. The molecule has 3 amide bonds. The van der Waals surface area contributed by atoms with E-state index < -0.39 is 5.91 Å². The van der Waals surface area contributed by atoms with Gasteiger partial charge in [0.1, 0.15) is 6.54 Å². The third-order valence-corrected chi connectivity index (χ3v) is 5.29. The van der Waals surface area contributed by atoms with Crippen LogP contribution in [0, 0.1) is 23.2 Å².